The minimum Gasteiger partial charge on any atom is -0.459 e. The first kappa shape index (κ1) is 30.1. The third-order valence-corrected chi connectivity index (χ3v) is 7.45. The molecule has 38 heavy (non-hydrogen) atoms. The van der Waals surface area contributed by atoms with Crippen LogP contribution >= 0.6 is 0 Å². The van der Waals surface area contributed by atoms with Crippen LogP contribution in [0.25, 0.3) is 0 Å². The van der Waals surface area contributed by atoms with Crippen LogP contribution in [0.4, 0.5) is 0 Å². The van der Waals surface area contributed by atoms with Gasteiger partial charge in [-0.15, -0.1) is 0 Å². The van der Waals surface area contributed by atoms with Crippen molar-refractivity contribution in [1.82, 2.24) is 10.6 Å². The Morgan fingerprint density at radius 3 is 2.53 bits per heavy atom. The van der Waals surface area contributed by atoms with Crippen molar-refractivity contribution in [2.75, 3.05) is 13.7 Å². The molecule has 2 amide bonds. The van der Waals surface area contributed by atoms with Crippen molar-refractivity contribution in [3.8, 4) is 0 Å². The zero-order valence-corrected chi connectivity index (χ0v) is 23.5. The number of rotatable bonds is 10. The lowest BCUT2D eigenvalue weighted by Crippen LogP contribution is -2.50. The van der Waals surface area contributed by atoms with Gasteiger partial charge in [0.2, 0.25) is 11.8 Å². The minimum absolute atomic E-state index is 0.0190. The zero-order valence-electron chi connectivity index (χ0n) is 23.5. The molecular weight excluding hydrogens is 488 g/mol. The van der Waals surface area contributed by atoms with Crippen LogP contribution in [-0.4, -0.2) is 73.6 Å². The number of amides is 2. The highest BCUT2D eigenvalue weighted by Crippen LogP contribution is 2.43. The molecule has 2 N–H and O–H groups in total. The number of hydrogen-bond acceptors (Lipinski definition) is 7. The molecule has 0 aliphatic carbocycles. The Kier molecular flexibility index (Phi) is 10.7. The molecule has 8 atom stereocenters. The molecule has 1 spiro atoms. The fourth-order valence-electron chi connectivity index (χ4n) is 5.19. The summed E-state index contributed by atoms with van der Waals surface area (Å²) in [6.07, 6.45) is 12.1. The molecule has 0 saturated carbocycles. The van der Waals surface area contributed by atoms with E-state index in [4.69, 9.17) is 18.9 Å². The Hall–Kier alpha value is -2.49. The van der Waals surface area contributed by atoms with E-state index < -0.39 is 6.10 Å². The fourth-order valence-corrected chi connectivity index (χ4v) is 5.19. The van der Waals surface area contributed by atoms with Gasteiger partial charge in [-0.2, -0.15) is 0 Å². The van der Waals surface area contributed by atoms with Crippen molar-refractivity contribution >= 4 is 17.8 Å². The summed E-state index contributed by atoms with van der Waals surface area (Å²) in [7, 11) is 1.64. The molecule has 9 heteroatoms. The molecule has 0 aromatic heterocycles. The van der Waals surface area contributed by atoms with Crippen LogP contribution in [-0.2, 0) is 33.3 Å². The van der Waals surface area contributed by atoms with Crippen LogP contribution in [0.3, 0.4) is 0 Å². The van der Waals surface area contributed by atoms with Gasteiger partial charge in [0.15, 0.2) is 0 Å². The van der Waals surface area contributed by atoms with E-state index in [1.807, 2.05) is 6.92 Å². The lowest BCUT2D eigenvalue weighted by molar-refractivity contribution is -0.143. The number of hydrogen-bond donors (Lipinski definition) is 2. The van der Waals surface area contributed by atoms with Crippen LogP contribution in [0.2, 0.25) is 0 Å². The van der Waals surface area contributed by atoms with Gasteiger partial charge in [0, 0.05) is 32.9 Å². The van der Waals surface area contributed by atoms with Crippen molar-refractivity contribution in [2.45, 2.75) is 109 Å². The summed E-state index contributed by atoms with van der Waals surface area (Å²) < 4.78 is 23.2. The maximum Gasteiger partial charge on any atom is 0.303 e. The second-order valence-electron chi connectivity index (χ2n) is 11.0. The molecule has 212 valence electrons. The van der Waals surface area contributed by atoms with Crippen molar-refractivity contribution in [3.63, 3.8) is 0 Å². The largest absolute Gasteiger partial charge is 0.459 e. The number of epoxide rings is 1. The highest BCUT2D eigenvalue weighted by Gasteiger charge is 2.51. The first-order chi connectivity index (χ1) is 18.0. The molecule has 0 unspecified atom stereocenters. The van der Waals surface area contributed by atoms with E-state index in [1.54, 1.807) is 20.0 Å². The van der Waals surface area contributed by atoms with Crippen LogP contribution < -0.4 is 10.6 Å². The van der Waals surface area contributed by atoms with Crippen LogP contribution in [0, 0.1) is 5.92 Å². The van der Waals surface area contributed by atoms with E-state index >= 15 is 0 Å². The number of esters is 1. The molecule has 3 fully saturated rings. The summed E-state index contributed by atoms with van der Waals surface area (Å²) in [6, 6.07) is -0.0875. The molecule has 3 heterocycles. The molecule has 0 bridgehead atoms. The van der Waals surface area contributed by atoms with Gasteiger partial charge in [-0.1, -0.05) is 30.7 Å². The van der Waals surface area contributed by atoms with E-state index in [-0.39, 0.29) is 59.8 Å². The quantitative estimate of drug-likeness (QED) is 0.192. The number of nitrogens with one attached hydrogen (secondary N) is 2. The van der Waals surface area contributed by atoms with Crippen LogP contribution in [0.5, 0.6) is 0 Å². The highest BCUT2D eigenvalue weighted by molar-refractivity contribution is 5.87. The Balaban J connectivity index is 1.47. The summed E-state index contributed by atoms with van der Waals surface area (Å²) in [5.41, 5.74) is 0.992. The van der Waals surface area contributed by atoms with Crippen LogP contribution in [0.1, 0.15) is 66.7 Å². The predicted octanol–water partition coefficient (Wildman–Crippen LogP) is 3.14. The lowest BCUT2D eigenvalue weighted by atomic mass is 9.88. The second-order valence-corrected chi connectivity index (χ2v) is 11.0. The molecule has 0 aromatic carbocycles. The molecule has 3 aliphatic heterocycles. The first-order valence-corrected chi connectivity index (χ1v) is 13.6. The van der Waals surface area contributed by atoms with Gasteiger partial charge in [-0.3, -0.25) is 14.4 Å². The van der Waals surface area contributed by atoms with Gasteiger partial charge in [0.1, 0.15) is 6.10 Å². The Bertz CT molecular complexity index is 939. The predicted molar refractivity (Wildman–Crippen MR) is 143 cm³/mol. The van der Waals surface area contributed by atoms with E-state index in [1.165, 1.54) is 13.0 Å². The molecule has 3 aliphatic rings. The highest BCUT2D eigenvalue weighted by atomic mass is 16.6. The van der Waals surface area contributed by atoms with Gasteiger partial charge >= 0.3 is 5.97 Å². The van der Waals surface area contributed by atoms with Crippen LogP contribution in [0.15, 0.2) is 36.0 Å². The summed E-state index contributed by atoms with van der Waals surface area (Å²) in [6.45, 7) is 9.97. The van der Waals surface area contributed by atoms with Gasteiger partial charge < -0.3 is 29.6 Å². The van der Waals surface area contributed by atoms with Gasteiger partial charge in [-0.25, -0.2) is 0 Å². The van der Waals surface area contributed by atoms with E-state index in [0.29, 0.717) is 6.42 Å². The van der Waals surface area contributed by atoms with Crippen molar-refractivity contribution in [2.24, 2.45) is 5.92 Å². The molecule has 3 saturated heterocycles. The van der Waals surface area contributed by atoms with E-state index in [0.717, 1.165) is 37.9 Å². The number of ether oxygens (including phenoxy) is 4. The normalized spacial score (nSPS) is 34.3. The maximum atomic E-state index is 12.3. The van der Waals surface area contributed by atoms with Gasteiger partial charge in [0.25, 0.3) is 0 Å². The smallest absolute Gasteiger partial charge is 0.303 e. The molecule has 0 aromatic rings. The summed E-state index contributed by atoms with van der Waals surface area (Å²) in [4.78, 5) is 35.2. The van der Waals surface area contributed by atoms with Crippen molar-refractivity contribution < 1.29 is 33.3 Å². The summed E-state index contributed by atoms with van der Waals surface area (Å²) >= 11 is 0. The Morgan fingerprint density at radius 1 is 1.13 bits per heavy atom. The second kappa shape index (κ2) is 13.5. The number of carbonyl (C=O) groups excluding carboxylic acids is 3. The summed E-state index contributed by atoms with van der Waals surface area (Å²) in [5.74, 6) is -0.356. The summed E-state index contributed by atoms with van der Waals surface area (Å²) in [5, 5.41) is 5.68. The fraction of sp³-hybridized carbons (Fsp3) is 0.690. The van der Waals surface area contributed by atoms with E-state index in [2.05, 4.69) is 42.7 Å². The van der Waals surface area contributed by atoms with Gasteiger partial charge in [-0.05, 0) is 45.6 Å². The standard InChI is InChI=1S/C29H44N2O7/c1-18(7-10-23-15-29(17-35-29)16-24(38-23)14-28(34)30-6)8-11-26-19(2)13-25(21(4)37-26)31-27(33)12-9-20(3)36-22(5)32/h7-10,12,19-21,23-26H,11,13-17H2,1-6H3,(H,30,34)(H,31,33)/b10-7+,12-9-,18-8+/t19-,20-,21+,23+,24+,25+,26-,29+/m0/s1. The molecule has 3 rings (SSSR count). The number of allylic oxidation sites excluding steroid dienone is 2. The van der Waals surface area contributed by atoms with Gasteiger partial charge in [0.05, 0.1) is 49.1 Å². The number of carbonyl (C=O) groups is 3. The molecule has 9 nitrogen and oxygen atoms in total. The van der Waals surface area contributed by atoms with E-state index in [9.17, 15) is 14.4 Å². The third-order valence-electron chi connectivity index (χ3n) is 7.45. The lowest BCUT2D eigenvalue weighted by Gasteiger charge is -2.39. The third kappa shape index (κ3) is 9.36. The van der Waals surface area contributed by atoms with Crippen molar-refractivity contribution in [1.29, 1.82) is 0 Å². The zero-order chi connectivity index (χ0) is 27.9. The SMILES string of the molecule is CNC(=O)C[C@@H]1C[C@@]2(CO2)C[C@@H](/C=C/C(C)=C/C[C@@H]2O[C@H](C)[C@H](NC(=O)/C=C\[C@H](C)OC(C)=O)C[C@@H]2C)O1. The average Bonchev–Trinajstić information content (AvgIpc) is 3.59. The monoisotopic (exact) mass is 532 g/mol. The minimum atomic E-state index is -0.456. The van der Waals surface area contributed by atoms with Crippen molar-refractivity contribution in [3.05, 3.63) is 36.0 Å². The Labute approximate surface area is 226 Å². The average molecular weight is 533 g/mol. The molecule has 0 radical (unpaired) electrons. The topological polar surface area (TPSA) is 115 Å². The maximum absolute atomic E-state index is 12.3. The Morgan fingerprint density at radius 2 is 1.87 bits per heavy atom. The molecular formula is C29H44N2O7. The first-order valence-electron chi connectivity index (χ1n) is 13.6.